The Labute approximate surface area is 168 Å². The maximum Gasteiger partial charge on any atom is 0.160 e. The van der Waals surface area contributed by atoms with E-state index in [4.69, 9.17) is 0 Å². The Hall–Kier alpha value is -2.41. The molecule has 4 rings (SSSR count). The minimum absolute atomic E-state index is 0.128. The summed E-state index contributed by atoms with van der Waals surface area (Å²) < 4.78 is 0. The summed E-state index contributed by atoms with van der Waals surface area (Å²) in [5.74, 6) is 0.128. The van der Waals surface area contributed by atoms with Crippen molar-refractivity contribution in [3.05, 3.63) is 70.8 Å². The zero-order valence-electron chi connectivity index (χ0n) is 17.9. The first-order valence-corrected chi connectivity index (χ1v) is 10.3. The highest BCUT2D eigenvalue weighted by Gasteiger charge is 2.36. The molecule has 1 nitrogen and oxygen atoms in total. The van der Waals surface area contributed by atoms with Crippen LogP contribution in [0.25, 0.3) is 21.9 Å². The molecule has 0 saturated carbocycles. The van der Waals surface area contributed by atoms with E-state index in [2.05, 4.69) is 70.2 Å². The molecule has 3 aromatic carbocycles. The topological polar surface area (TPSA) is 17.1 Å². The number of rotatable bonds is 2. The van der Waals surface area contributed by atoms with Crippen LogP contribution >= 0.6 is 0 Å². The van der Waals surface area contributed by atoms with Gasteiger partial charge in [-0.15, -0.1) is 0 Å². The molecular formula is C27H30O. The predicted molar refractivity (Wildman–Crippen MR) is 119 cm³/mol. The van der Waals surface area contributed by atoms with Crippen LogP contribution in [-0.2, 0) is 10.8 Å². The molecule has 3 aromatic rings. The Morgan fingerprint density at radius 3 is 2.07 bits per heavy atom. The van der Waals surface area contributed by atoms with Gasteiger partial charge in [0.2, 0.25) is 0 Å². The molecule has 0 N–H and O–H groups in total. The zero-order valence-corrected chi connectivity index (χ0v) is 17.9. The number of ketones is 1. The molecule has 0 bridgehead atoms. The number of Topliss-reactive ketones (excluding diaryl/α,β-unsaturated/α-hetero) is 1. The van der Waals surface area contributed by atoms with Gasteiger partial charge in [0.25, 0.3) is 0 Å². The van der Waals surface area contributed by atoms with Gasteiger partial charge in [-0.25, -0.2) is 0 Å². The molecule has 144 valence electrons. The van der Waals surface area contributed by atoms with Crippen LogP contribution in [-0.4, -0.2) is 5.78 Å². The number of fused-ring (bicyclic) bond motifs is 2. The second kappa shape index (κ2) is 6.30. The van der Waals surface area contributed by atoms with Crippen molar-refractivity contribution >= 4 is 16.6 Å². The highest BCUT2D eigenvalue weighted by atomic mass is 16.1. The lowest BCUT2D eigenvalue weighted by Crippen LogP contribution is -2.33. The maximum atomic E-state index is 11.8. The van der Waals surface area contributed by atoms with Crippen LogP contribution in [0.3, 0.4) is 0 Å². The Bertz CT molecular complexity index is 1100. The van der Waals surface area contributed by atoms with E-state index in [9.17, 15) is 4.79 Å². The fourth-order valence-electron chi connectivity index (χ4n) is 4.81. The first-order valence-electron chi connectivity index (χ1n) is 10.3. The van der Waals surface area contributed by atoms with Crippen molar-refractivity contribution in [2.45, 2.75) is 65.2 Å². The van der Waals surface area contributed by atoms with E-state index in [1.165, 1.54) is 40.5 Å². The number of benzene rings is 3. The van der Waals surface area contributed by atoms with Gasteiger partial charge in [-0.2, -0.15) is 0 Å². The fourth-order valence-corrected chi connectivity index (χ4v) is 4.81. The molecule has 1 aliphatic rings. The smallest absolute Gasteiger partial charge is 0.160 e. The predicted octanol–water partition coefficient (Wildman–Crippen LogP) is 7.37. The molecular weight excluding hydrogens is 340 g/mol. The molecule has 0 unspecified atom stereocenters. The largest absolute Gasteiger partial charge is 0.295 e. The molecule has 28 heavy (non-hydrogen) atoms. The Morgan fingerprint density at radius 2 is 1.39 bits per heavy atom. The highest BCUT2D eigenvalue weighted by molar-refractivity contribution is 6.02. The van der Waals surface area contributed by atoms with Gasteiger partial charge in [0, 0.05) is 5.56 Å². The van der Waals surface area contributed by atoms with Gasteiger partial charge in [0.1, 0.15) is 0 Å². The van der Waals surface area contributed by atoms with Gasteiger partial charge in [0.15, 0.2) is 5.78 Å². The maximum absolute atomic E-state index is 11.8. The number of carbonyl (C=O) groups excluding carboxylic acids is 1. The molecule has 0 radical (unpaired) electrons. The van der Waals surface area contributed by atoms with Crippen molar-refractivity contribution in [2.75, 3.05) is 0 Å². The molecule has 0 fully saturated rings. The molecule has 1 heteroatoms. The summed E-state index contributed by atoms with van der Waals surface area (Å²) in [5.41, 5.74) is 7.85. The van der Waals surface area contributed by atoms with Crippen molar-refractivity contribution in [3.63, 3.8) is 0 Å². The van der Waals surface area contributed by atoms with Crippen LogP contribution in [0, 0.1) is 6.92 Å². The first kappa shape index (κ1) is 18.9. The molecule has 0 heterocycles. The summed E-state index contributed by atoms with van der Waals surface area (Å²) in [6.07, 6.45) is 2.46. The molecule has 0 aromatic heterocycles. The first-order chi connectivity index (χ1) is 13.1. The number of hydrogen-bond acceptors (Lipinski definition) is 1. The normalized spacial score (nSPS) is 17.4. The Morgan fingerprint density at radius 1 is 0.786 bits per heavy atom. The van der Waals surface area contributed by atoms with Crippen LogP contribution in [0.2, 0.25) is 0 Å². The van der Waals surface area contributed by atoms with Gasteiger partial charge < -0.3 is 0 Å². The van der Waals surface area contributed by atoms with Crippen LogP contribution in [0.4, 0.5) is 0 Å². The van der Waals surface area contributed by atoms with E-state index in [0.717, 1.165) is 16.5 Å². The van der Waals surface area contributed by atoms with E-state index < -0.39 is 0 Å². The minimum Gasteiger partial charge on any atom is -0.295 e. The minimum atomic E-state index is 0.128. The lowest BCUT2D eigenvalue weighted by Gasteiger charge is -2.42. The van der Waals surface area contributed by atoms with E-state index in [-0.39, 0.29) is 16.6 Å². The lowest BCUT2D eigenvalue weighted by molar-refractivity contribution is 0.101. The number of hydrogen-bond donors (Lipinski definition) is 0. The summed E-state index contributed by atoms with van der Waals surface area (Å²) in [5, 5.41) is 2.35. The molecule has 0 aliphatic heterocycles. The van der Waals surface area contributed by atoms with Gasteiger partial charge >= 0.3 is 0 Å². The van der Waals surface area contributed by atoms with E-state index in [1.54, 1.807) is 6.92 Å². The van der Waals surface area contributed by atoms with Crippen LogP contribution < -0.4 is 0 Å². The van der Waals surface area contributed by atoms with Gasteiger partial charge in [-0.3, -0.25) is 4.79 Å². The summed E-state index contributed by atoms with van der Waals surface area (Å²) >= 11 is 0. The number of carbonyl (C=O) groups is 1. The standard InChI is InChI=1S/C27H30O/c1-17-22(18(2)28)10-8-21-15-19(7-11-23(17)21)20-9-12-24-25(16-20)27(5,6)14-13-26(24,3)4/h7-12,15-16H,13-14H2,1-6H3. The average Bonchev–Trinajstić information content (AvgIpc) is 2.65. The Balaban J connectivity index is 1.85. The van der Waals surface area contributed by atoms with E-state index in [0.29, 0.717) is 0 Å². The second-order valence-corrected chi connectivity index (χ2v) is 9.76. The van der Waals surface area contributed by atoms with Crippen molar-refractivity contribution in [3.8, 4) is 11.1 Å². The second-order valence-electron chi connectivity index (χ2n) is 9.76. The lowest BCUT2D eigenvalue weighted by atomic mass is 9.63. The number of aryl methyl sites for hydroxylation is 1. The SMILES string of the molecule is CC(=O)c1ccc2cc(-c3ccc4c(c3)C(C)(C)CCC4(C)C)ccc2c1C. The average molecular weight is 371 g/mol. The molecule has 0 spiro atoms. The van der Waals surface area contributed by atoms with Crippen molar-refractivity contribution in [1.82, 2.24) is 0 Å². The molecule has 0 atom stereocenters. The summed E-state index contributed by atoms with van der Waals surface area (Å²) in [6, 6.07) is 17.7. The van der Waals surface area contributed by atoms with Crippen LogP contribution in [0.1, 0.15) is 74.5 Å². The van der Waals surface area contributed by atoms with E-state index >= 15 is 0 Å². The third-order valence-corrected chi connectivity index (χ3v) is 6.85. The summed E-state index contributed by atoms with van der Waals surface area (Å²) in [4.78, 5) is 11.8. The third kappa shape index (κ3) is 2.98. The van der Waals surface area contributed by atoms with Crippen molar-refractivity contribution in [1.29, 1.82) is 0 Å². The van der Waals surface area contributed by atoms with E-state index in [1.807, 2.05) is 13.0 Å². The fraction of sp³-hybridized carbons (Fsp3) is 0.370. The van der Waals surface area contributed by atoms with Crippen LogP contribution in [0.5, 0.6) is 0 Å². The molecule has 0 amide bonds. The summed E-state index contributed by atoms with van der Waals surface area (Å²) in [7, 11) is 0. The molecule has 1 aliphatic carbocycles. The quantitative estimate of drug-likeness (QED) is 0.430. The van der Waals surface area contributed by atoms with Crippen LogP contribution in [0.15, 0.2) is 48.5 Å². The Kier molecular flexibility index (Phi) is 4.26. The van der Waals surface area contributed by atoms with Gasteiger partial charge in [0.05, 0.1) is 0 Å². The summed E-state index contributed by atoms with van der Waals surface area (Å²) in [6.45, 7) is 13.2. The highest BCUT2D eigenvalue weighted by Crippen LogP contribution is 2.46. The zero-order chi connectivity index (χ0) is 20.3. The monoisotopic (exact) mass is 370 g/mol. The van der Waals surface area contributed by atoms with Crippen molar-refractivity contribution in [2.24, 2.45) is 0 Å². The van der Waals surface area contributed by atoms with Gasteiger partial charge in [-0.1, -0.05) is 70.2 Å². The van der Waals surface area contributed by atoms with Gasteiger partial charge in [-0.05, 0) is 82.2 Å². The third-order valence-electron chi connectivity index (χ3n) is 6.85. The van der Waals surface area contributed by atoms with Crippen molar-refractivity contribution < 1.29 is 4.79 Å². The molecule has 0 saturated heterocycles.